The van der Waals surface area contributed by atoms with Gasteiger partial charge in [0.05, 0.1) is 6.54 Å². The standard InChI is InChI=1S/C22H22ClN5O2/c1-25-19-18(20(29)28(22(25)30)14-16-7-9-17(23)10-8-16)27-12-11-26(21(27)24-19)13-15-5-3-2-4-6-15/h2-10,18-19H,11-14H2,1H3. The Kier molecular flexibility index (Phi) is 4.62. The molecule has 5 rings (SSSR count). The zero-order valence-corrected chi connectivity index (χ0v) is 17.4. The number of hydrogen-bond acceptors (Lipinski definition) is 5. The molecular formula is C22H22ClN5O2. The van der Waals surface area contributed by atoms with Crippen LogP contribution >= 0.6 is 11.6 Å². The summed E-state index contributed by atoms with van der Waals surface area (Å²) in [6.45, 7) is 2.48. The van der Waals surface area contributed by atoms with Crippen LogP contribution in [0.4, 0.5) is 4.79 Å². The maximum Gasteiger partial charge on any atom is 0.328 e. The number of carbonyl (C=O) groups is 2. The molecule has 2 unspecified atom stereocenters. The van der Waals surface area contributed by atoms with Gasteiger partial charge in [0.2, 0.25) is 0 Å². The number of guanidine groups is 1. The predicted octanol–water partition coefficient (Wildman–Crippen LogP) is 2.62. The van der Waals surface area contributed by atoms with E-state index in [0.717, 1.165) is 31.2 Å². The number of aliphatic imine (C=N–C) groups is 1. The number of carbonyl (C=O) groups excluding carboxylic acids is 2. The van der Waals surface area contributed by atoms with Crippen LogP contribution in [-0.4, -0.2) is 69.8 Å². The number of halogens is 1. The van der Waals surface area contributed by atoms with Gasteiger partial charge in [-0.3, -0.25) is 9.69 Å². The van der Waals surface area contributed by atoms with Crippen LogP contribution < -0.4 is 0 Å². The molecule has 30 heavy (non-hydrogen) atoms. The third-order valence-corrected chi connectivity index (χ3v) is 6.19. The van der Waals surface area contributed by atoms with Gasteiger partial charge >= 0.3 is 6.03 Å². The van der Waals surface area contributed by atoms with Gasteiger partial charge in [0.25, 0.3) is 5.91 Å². The topological polar surface area (TPSA) is 59.5 Å². The largest absolute Gasteiger partial charge is 0.337 e. The smallest absolute Gasteiger partial charge is 0.328 e. The molecule has 0 saturated carbocycles. The normalized spacial score (nSPS) is 23.1. The maximum absolute atomic E-state index is 13.4. The van der Waals surface area contributed by atoms with Crippen molar-refractivity contribution in [1.82, 2.24) is 19.6 Å². The Morgan fingerprint density at radius 3 is 2.40 bits per heavy atom. The highest BCUT2D eigenvalue weighted by atomic mass is 35.5. The Labute approximate surface area is 180 Å². The Morgan fingerprint density at radius 1 is 0.967 bits per heavy atom. The molecule has 2 aromatic rings. The highest BCUT2D eigenvalue weighted by Gasteiger charge is 2.54. The summed E-state index contributed by atoms with van der Waals surface area (Å²) in [4.78, 5) is 38.2. The van der Waals surface area contributed by atoms with Gasteiger partial charge in [0.1, 0.15) is 0 Å². The molecule has 3 aliphatic rings. The summed E-state index contributed by atoms with van der Waals surface area (Å²) in [7, 11) is 1.72. The number of fused-ring (bicyclic) bond motifs is 3. The SMILES string of the molecule is CN1C(=O)N(Cc2ccc(Cl)cc2)C(=O)C2C1N=C1N(Cc3ccccc3)CCN12. The van der Waals surface area contributed by atoms with E-state index in [9.17, 15) is 9.59 Å². The predicted molar refractivity (Wildman–Crippen MR) is 114 cm³/mol. The van der Waals surface area contributed by atoms with Crippen LogP contribution in [0.25, 0.3) is 0 Å². The van der Waals surface area contributed by atoms with E-state index in [1.165, 1.54) is 10.5 Å². The molecule has 2 atom stereocenters. The van der Waals surface area contributed by atoms with Crippen molar-refractivity contribution in [2.24, 2.45) is 4.99 Å². The monoisotopic (exact) mass is 423 g/mol. The Bertz CT molecular complexity index is 1010. The molecule has 154 valence electrons. The van der Waals surface area contributed by atoms with E-state index in [-0.39, 0.29) is 18.5 Å². The molecule has 0 bridgehead atoms. The second-order valence-electron chi connectivity index (χ2n) is 7.83. The fourth-order valence-corrected chi connectivity index (χ4v) is 4.49. The first kappa shape index (κ1) is 18.9. The Morgan fingerprint density at radius 2 is 1.67 bits per heavy atom. The highest BCUT2D eigenvalue weighted by Crippen LogP contribution is 2.32. The van der Waals surface area contributed by atoms with Gasteiger partial charge in [-0.15, -0.1) is 0 Å². The number of hydrogen-bond donors (Lipinski definition) is 0. The van der Waals surface area contributed by atoms with E-state index < -0.39 is 12.2 Å². The van der Waals surface area contributed by atoms with E-state index in [1.807, 2.05) is 35.2 Å². The first-order valence-corrected chi connectivity index (χ1v) is 10.4. The van der Waals surface area contributed by atoms with Crippen LogP contribution in [0.1, 0.15) is 11.1 Å². The molecule has 3 aliphatic heterocycles. The summed E-state index contributed by atoms with van der Waals surface area (Å²) in [5, 5.41) is 0.622. The van der Waals surface area contributed by atoms with Gasteiger partial charge in [0.15, 0.2) is 18.2 Å². The van der Waals surface area contributed by atoms with Gasteiger partial charge < -0.3 is 14.7 Å². The van der Waals surface area contributed by atoms with Crippen molar-refractivity contribution in [3.8, 4) is 0 Å². The van der Waals surface area contributed by atoms with Gasteiger partial charge in [-0.05, 0) is 23.3 Å². The number of likely N-dealkylation sites (N-methyl/N-ethyl adjacent to an activating group) is 1. The van der Waals surface area contributed by atoms with Crippen LogP contribution in [0.15, 0.2) is 59.6 Å². The molecule has 3 heterocycles. The van der Waals surface area contributed by atoms with E-state index in [1.54, 1.807) is 24.1 Å². The summed E-state index contributed by atoms with van der Waals surface area (Å²) in [5.41, 5.74) is 2.05. The zero-order chi connectivity index (χ0) is 20.8. The minimum Gasteiger partial charge on any atom is -0.337 e. The minimum atomic E-state index is -0.486. The average Bonchev–Trinajstić information content (AvgIpc) is 3.32. The zero-order valence-electron chi connectivity index (χ0n) is 16.6. The number of imide groups is 1. The number of rotatable bonds is 4. The van der Waals surface area contributed by atoms with E-state index in [0.29, 0.717) is 5.02 Å². The van der Waals surface area contributed by atoms with Gasteiger partial charge in [0, 0.05) is 31.7 Å². The second kappa shape index (κ2) is 7.32. The number of nitrogens with zero attached hydrogens (tertiary/aromatic N) is 5. The van der Waals surface area contributed by atoms with Crippen molar-refractivity contribution in [2.75, 3.05) is 20.1 Å². The summed E-state index contributed by atoms with van der Waals surface area (Å²) in [6, 6.07) is 16.6. The Hall–Kier alpha value is -3.06. The molecule has 2 saturated heterocycles. The molecule has 2 fully saturated rings. The fourth-order valence-electron chi connectivity index (χ4n) is 4.37. The maximum atomic E-state index is 13.4. The first-order valence-electron chi connectivity index (χ1n) is 9.99. The third kappa shape index (κ3) is 3.10. The third-order valence-electron chi connectivity index (χ3n) is 5.94. The summed E-state index contributed by atoms with van der Waals surface area (Å²) >= 11 is 5.96. The Balaban J connectivity index is 1.38. The van der Waals surface area contributed by atoms with Crippen LogP contribution in [0, 0.1) is 0 Å². The number of amides is 3. The quantitative estimate of drug-likeness (QED) is 0.758. The minimum absolute atomic E-state index is 0.196. The molecule has 2 aromatic carbocycles. The van der Waals surface area contributed by atoms with Crippen LogP contribution in [0.2, 0.25) is 5.02 Å². The number of urea groups is 1. The fraction of sp³-hybridized carbons (Fsp3) is 0.318. The lowest BCUT2D eigenvalue weighted by molar-refractivity contribution is -0.137. The molecule has 0 spiro atoms. The summed E-state index contributed by atoms with van der Waals surface area (Å²) < 4.78 is 0. The second-order valence-corrected chi connectivity index (χ2v) is 8.27. The average molecular weight is 424 g/mol. The summed E-state index contributed by atoms with van der Waals surface area (Å²) in [5.74, 6) is 0.605. The van der Waals surface area contributed by atoms with Gasteiger partial charge in [-0.1, -0.05) is 54.1 Å². The van der Waals surface area contributed by atoms with Crippen LogP contribution in [0.5, 0.6) is 0 Å². The van der Waals surface area contributed by atoms with Crippen molar-refractivity contribution < 1.29 is 9.59 Å². The van der Waals surface area contributed by atoms with Gasteiger partial charge in [-0.2, -0.15) is 0 Å². The molecule has 7 nitrogen and oxygen atoms in total. The number of benzene rings is 2. The molecule has 3 amide bonds. The molecular weight excluding hydrogens is 402 g/mol. The van der Waals surface area contributed by atoms with Gasteiger partial charge in [-0.25, -0.2) is 9.79 Å². The first-order chi connectivity index (χ1) is 14.5. The molecule has 0 N–H and O–H groups in total. The molecule has 0 aromatic heterocycles. The van der Waals surface area contributed by atoms with Crippen LogP contribution in [-0.2, 0) is 17.9 Å². The molecule has 8 heteroatoms. The van der Waals surface area contributed by atoms with Crippen molar-refractivity contribution in [3.05, 3.63) is 70.7 Å². The van der Waals surface area contributed by atoms with Crippen LogP contribution in [0.3, 0.4) is 0 Å². The lowest BCUT2D eigenvalue weighted by Gasteiger charge is -2.40. The van der Waals surface area contributed by atoms with Crippen molar-refractivity contribution in [2.45, 2.75) is 25.3 Å². The lowest BCUT2D eigenvalue weighted by atomic mass is 10.1. The van der Waals surface area contributed by atoms with Crippen molar-refractivity contribution in [1.29, 1.82) is 0 Å². The van der Waals surface area contributed by atoms with E-state index in [4.69, 9.17) is 16.6 Å². The van der Waals surface area contributed by atoms with Crippen molar-refractivity contribution >= 4 is 29.5 Å². The highest BCUT2D eigenvalue weighted by molar-refractivity contribution is 6.30. The molecule has 0 radical (unpaired) electrons. The lowest BCUT2D eigenvalue weighted by Crippen LogP contribution is -2.64. The van der Waals surface area contributed by atoms with E-state index in [2.05, 4.69) is 17.0 Å². The summed E-state index contributed by atoms with van der Waals surface area (Å²) in [6.07, 6.45) is -0.486. The molecule has 0 aliphatic carbocycles. The van der Waals surface area contributed by atoms with Crippen molar-refractivity contribution in [3.63, 3.8) is 0 Å². The van der Waals surface area contributed by atoms with E-state index >= 15 is 0 Å².